The number of hydrogen-bond donors (Lipinski definition) is 1. The molecule has 1 saturated carbocycles. The maximum atomic E-state index is 11.1. The standard InChI is InChI=1S/C10H14ClNO2/c1-2-14-8(13)3-4-10-6-12-5-7(10)9(10)11/h3-4,7,9,12H,2,5-6H2,1H3/b4-3+. The molecule has 4 heteroatoms. The van der Waals surface area contributed by atoms with Gasteiger partial charge in [-0.15, -0.1) is 11.6 Å². The Bertz CT molecular complexity index is 279. The van der Waals surface area contributed by atoms with E-state index in [0.717, 1.165) is 13.1 Å². The van der Waals surface area contributed by atoms with Gasteiger partial charge in [-0.1, -0.05) is 6.08 Å². The van der Waals surface area contributed by atoms with Crippen LogP contribution in [0.25, 0.3) is 0 Å². The molecule has 78 valence electrons. The topological polar surface area (TPSA) is 38.3 Å². The van der Waals surface area contributed by atoms with Crippen molar-refractivity contribution in [1.82, 2.24) is 5.32 Å². The molecular weight excluding hydrogens is 202 g/mol. The third-order valence-electron chi connectivity index (χ3n) is 3.06. The molecule has 2 rings (SSSR count). The normalized spacial score (nSPS) is 39.9. The van der Waals surface area contributed by atoms with Crippen LogP contribution < -0.4 is 5.32 Å². The van der Waals surface area contributed by atoms with Crippen molar-refractivity contribution in [1.29, 1.82) is 0 Å². The van der Waals surface area contributed by atoms with Gasteiger partial charge in [0.25, 0.3) is 0 Å². The minimum Gasteiger partial charge on any atom is -0.463 e. The van der Waals surface area contributed by atoms with Crippen LogP contribution in [0, 0.1) is 11.3 Å². The van der Waals surface area contributed by atoms with E-state index in [-0.39, 0.29) is 16.8 Å². The summed E-state index contributed by atoms with van der Waals surface area (Å²) in [4.78, 5) is 11.1. The first-order chi connectivity index (χ1) is 6.70. The van der Waals surface area contributed by atoms with Crippen molar-refractivity contribution in [2.24, 2.45) is 11.3 Å². The number of carbonyl (C=O) groups excluding carboxylic acids is 1. The molecule has 0 aromatic heterocycles. The SMILES string of the molecule is CCOC(=O)/C=C/C12CNCC1C2Cl. The van der Waals surface area contributed by atoms with Gasteiger partial charge in [-0.2, -0.15) is 0 Å². The lowest BCUT2D eigenvalue weighted by molar-refractivity contribution is -0.137. The fourth-order valence-corrected chi connectivity index (χ4v) is 2.71. The number of alkyl halides is 1. The van der Waals surface area contributed by atoms with Crippen molar-refractivity contribution >= 4 is 17.6 Å². The van der Waals surface area contributed by atoms with Gasteiger partial charge in [-0.3, -0.25) is 0 Å². The van der Waals surface area contributed by atoms with Crippen LogP contribution in [0.15, 0.2) is 12.2 Å². The molecular formula is C10H14ClNO2. The predicted octanol–water partition coefficient (Wildman–Crippen LogP) is 0.932. The van der Waals surface area contributed by atoms with Gasteiger partial charge in [-0.25, -0.2) is 4.79 Å². The lowest BCUT2D eigenvalue weighted by Crippen LogP contribution is -2.19. The number of hydrogen-bond acceptors (Lipinski definition) is 3. The molecule has 0 bridgehead atoms. The molecule has 0 amide bonds. The second-order valence-electron chi connectivity index (χ2n) is 3.84. The Morgan fingerprint density at radius 1 is 1.79 bits per heavy atom. The van der Waals surface area contributed by atoms with Crippen LogP contribution in [-0.4, -0.2) is 31.0 Å². The number of piperidine rings is 1. The summed E-state index contributed by atoms with van der Waals surface area (Å²) >= 11 is 6.13. The molecule has 1 heterocycles. The average Bonchev–Trinajstić information content (AvgIpc) is 2.59. The van der Waals surface area contributed by atoms with Gasteiger partial charge in [0.2, 0.25) is 0 Å². The predicted molar refractivity (Wildman–Crippen MR) is 54.2 cm³/mol. The summed E-state index contributed by atoms with van der Waals surface area (Å²) in [6, 6.07) is 0. The molecule has 2 fully saturated rings. The van der Waals surface area contributed by atoms with Gasteiger partial charge in [0.15, 0.2) is 0 Å². The molecule has 1 aliphatic carbocycles. The summed E-state index contributed by atoms with van der Waals surface area (Å²) in [5, 5.41) is 3.45. The molecule has 0 aromatic rings. The summed E-state index contributed by atoms with van der Waals surface area (Å²) in [6.45, 7) is 4.05. The smallest absolute Gasteiger partial charge is 0.330 e. The second-order valence-corrected chi connectivity index (χ2v) is 4.31. The van der Waals surface area contributed by atoms with Gasteiger partial charge in [0.1, 0.15) is 0 Å². The number of ether oxygens (including phenoxy) is 1. The summed E-state index contributed by atoms with van der Waals surface area (Å²) < 4.78 is 4.81. The van der Waals surface area contributed by atoms with E-state index in [4.69, 9.17) is 16.3 Å². The number of rotatable bonds is 3. The lowest BCUT2D eigenvalue weighted by atomic mass is 10.1. The average molecular weight is 216 g/mol. The minimum atomic E-state index is -0.275. The molecule has 3 nitrogen and oxygen atoms in total. The fraction of sp³-hybridized carbons (Fsp3) is 0.700. The molecule has 14 heavy (non-hydrogen) atoms. The number of nitrogens with one attached hydrogen (secondary N) is 1. The highest BCUT2D eigenvalue weighted by Gasteiger charge is 2.64. The molecule has 3 atom stereocenters. The molecule has 0 spiro atoms. The second kappa shape index (κ2) is 3.55. The lowest BCUT2D eigenvalue weighted by Gasteiger charge is -2.05. The van der Waals surface area contributed by atoms with Gasteiger partial charge in [0.05, 0.1) is 6.61 Å². The largest absolute Gasteiger partial charge is 0.463 e. The van der Waals surface area contributed by atoms with Crippen molar-refractivity contribution in [3.63, 3.8) is 0 Å². The highest BCUT2D eigenvalue weighted by atomic mass is 35.5. The van der Waals surface area contributed by atoms with E-state index < -0.39 is 0 Å². The monoisotopic (exact) mass is 215 g/mol. The zero-order chi connectivity index (χ0) is 10.2. The zero-order valence-electron chi connectivity index (χ0n) is 8.13. The van der Waals surface area contributed by atoms with Crippen LogP contribution in [0.1, 0.15) is 6.92 Å². The maximum absolute atomic E-state index is 11.1. The Balaban J connectivity index is 1.94. The molecule has 0 aromatic carbocycles. The molecule has 0 radical (unpaired) electrons. The van der Waals surface area contributed by atoms with Gasteiger partial charge in [0, 0.05) is 35.9 Å². The van der Waals surface area contributed by atoms with Crippen LogP contribution in [-0.2, 0) is 9.53 Å². The first-order valence-corrected chi connectivity index (χ1v) is 5.35. The summed E-state index contributed by atoms with van der Waals surface area (Å²) in [5.74, 6) is 0.220. The summed E-state index contributed by atoms with van der Waals surface area (Å²) in [6.07, 6.45) is 3.42. The molecule has 1 aliphatic heterocycles. The highest BCUT2D eigenvalue weighted by Crippen LogP contribution is 2.59. The fourth-order valence-electron chi connectivity index (χ4n) is 2.14. The van der Waals surface area contributed by atoms with Crippen molar-refractivity contribution < 1.29 is 9.53 Å². The van der Waals surface area contributed by atoms with Crippen LogP contribution in [0.4, 0.5) is 0 Å². The molecule has 2 aliphatic rings. The Kier molecular flexibility index (Phi) is 2.54. The number of fused-ring (bicyclic) bond motifs is 1. The van der Waals surface area contributed by atoms with Crippen LogP contribution >= 0.6 is 11.6 Å². The van der Waals surface area contributed by atoms with Gasteiger partial charge < -0.3 is 10.1 Å². The third kappa shape index (κ3) is 1.44. The quantitative estimate of drug-likeness (QED) is 0.433. The maximum Gasteiger partial charge on any atom is 0.330 e. The Morgan fingerprint density at radius 3 is 3.14 bits per heavy atom. The summed E-state index contributed by atoms with van der Waals surface area (Å²) in [5.41, 5.74) is 0.0221. The van der Waals surface area contributed by atoms with E-state index in [2.05, 4.69) is 5.32 Å². The van der Waals surface area contributed by atoms with Crippen molar-refractivity contribution in [3.05, 3.63) is 12.2 Å². The molecule has 1 N–H and O–H groups in total. The van der Waals surface area contributed by atoms with E-state index in [1.165, 1.54) is 6.08 Å². The Morgan fingerprint density at radius 2 is 2.57 bits per heavy atom. The van der Waals surface area contributed by atoms with E-state index >= 15 is 0 Å². The molecule has 3 unspecified atom stereocenters. The van der Waals surface area contributed by atoms with E-state index in [1.54, 1.807) is 6.92 Å². The number of carbonyl (C=O) groups is 1. The van der Waals surface area contributed by atoms with Crippen molar-refractivity contribution in [2.45, 2.75) is 12.3 Å². The first-order valence-electron chi connectivity index (χ1n) is 4.91. The number of esters is 1. The van der Waals surface area contributed by atoms with Crippen molar-refractivity contribution in [2.75, 3.05) is 19.7 Å². The van der Waals surface area contributed by atoms with Crippen LogP contribution in [0.2, 0.25) is 0 Å². The van der Waals surface area contributed by atoms with E-state index in [1.807, 2.05) is 6.08 Å². The molecule has 1 saturated heterocycles. The number of halogens is 1. The Labute approximate surface area is 88.5 Å². The van der Waals surface area contributed by atoms with Gasteiger partial charge in [-0.05, 0) is 6.92 Å². The highest BCUT2D eigenvalue weighted by molar-refractivity contribution is 6.24. The van der Waals surface area contributed by atoms with Crippen LogP contribution in [0.5, 0.6) is 0 Å². The summed E-state index contributed by atoms with van der Waals surface area (Å²) in [7, 11) is 0. The van der Waals surface area contributed by atoms with E-state index in [9.17, 15) is 4.79 Å². The Hall–Kier alpha value is -0.540. The first kappa shape index (κ1) is 9.99. The van der Waals surface area contributed by atoms with Gasteiger partial charge >= 0.3 is 5.97 Å². The third-order valence-corrected chi connectivity index (χ3v) is 3.77. The minimum absolute atomic E-state index is 0.0221. The zero-order valence-corrected chi connectivity index (χ0v) is 8.88. The van der Waals surface area contributed by atoms with E-state index in [0.29, 0.717) is 12.5 Å². The van der Waals surface area contributed by atoms with Crippen molar-refractivity contribution in [3.8, 4) is 0 Å². The van der Waals surface area contributed by atoms with Crippen LogP contribution in [0.3, 0.4) is 0 Å².